The van der Waals surface area contributed by atoms with Crippen LogP contribution in [0.4, 0.5) is 5.82 Å². The molecule has 0 saturated carbocycles. The number of anilines is 1. The largest absolute Gasteiger partial charge is 0.382 e. The van der Waals surface area contributed by atoms with Crippen LogP contribution in [0.1, 0.15) is 36.1 Å². The highest BCUT2D eigenvalue weighted by Gasteiger charge is 2.34. The van der Waals surface area contributed by atoms with Gasteiger partial charge in [-0.05, 0) is 23.5 Å². The molecule has 0 radical (unpaired) electrons. The molecule has 2 unspecified atom stereocenters. The van der Waals surface area contributed by atoms with Gasteiger partial charge in [-0.2, -0.15) is 0 Å². The minimum Gasteiger partial charge on any atom is -0.382 e. The molecule has 3 nitrogen and oxygen atoms in total. The van der Waals surface area contributed by atoms with Gasteiger partial charge in [0, 0.05) is 18.3 Å². The van der Waals surface area contributed by atoms with Gasteiger partial charge in [-0.15, -0.1) is 0 Å². The molecule has 0 spiro atoms. The fourth-order valence-electron chi connectivity index (χ4n) is 3.03. The van der Waals surface area contributed by atoms with Gasteiger partial charge in [0.2, 0.25) is 0 Å². The molecule has 0 aliphatic heterocycles. The Kier molecular flexibility index (Phi) is 2.74. The number of benzene rings is 1. The lowest BCUT2D eigenvalue weighted by Crippen LogP contribution is -2.13. The molecule has 0 bridgehead atoms. The van der Waals surface area contributed by atoms with E-state index in [9.17, 15) is 0 Å². The molecule has 18 heavy (non-hydrogen) atoms. The van der Waals surface area contributed by atoms with Gasteiger partial charge >= 0.3 is 0 Å². The first-order valence-electron chi connectivity index (χ1n) is 6.45. The Hall–Kier alpha value is -1.90. The number of hydrogen-bond donors (Lipinski definition) is 1. The van der Waals surface area contributed by atoms with E-state index in [1.165, 1.54) is 11.1 Å². The molecule has 2 atom stereocenters. The number of rotatable bonds is 2. The third-order valence-corrected chi connectivity index (χ3v) is 3.92. The highest BCUT2D eigenvalue weighted by molar-refractivity contribution is 5.47. The summed E-state index contributed by atoms with van der Waals surface area (Å²) in [6, 6.07) is 8.61. The average molecular weight is 239 g/mol. The van der Waals surface area contributed by atoms with Crippen LogP contribution < -0.4 is 5.73 Å². The number of aromatic nitrogens is 2. The molecule has 3 rings (SSSR count). The van der Waals surface area contributed by atoms with Crippen molar-refractivity contribution >= 4 is 5.82 Å². The molecule has 0 amide bonds. The SMILES string of the molecule is CCC1Cc2ccccc2C1c1nccnc1N. The van der Waals surface area contributed by atoms with Crippen molar-refractivity contribution in [3.05, 3.63) is 53.5 Å². The minimum absolute atomic E-state index is 0.305. The fraction of sp³-hybridized carbons (Fsp3) is 0.333. The summed E-state index contributed by atoms with van der Waals surface area (Å²) < 4.78 is 0. The van der Waals surface area contributed by atoms with Gasteiger partial charge in [-0.1, -0.05) is 37.6 Å². The fourth-order valence-corrected chi connectivity index (χ4v) is 3.03. The van der Waals surface area contributed by atoms with E-state index in [1.54, 1.807) is 12.4 Å². The van der Waals surface area contributed by atoms with Crippen LogP contribution in [-0.2, 0) is 6.42 Å². The monoisotopic (exact) mass is 239 g/mol. The van der Waals surface area contributed by atoms with Crippen LogP contribution >= 0.6 is 0 Å². The smallest absolute Gasteiger partial charge is 0.145 e. The van der Waals surface area contributed by atoms with Gasteiger partial charge in [-0.3, -0.25) is 4.98 Å². The second-order valence-electron chi connectivity index (χ2n) is 4.88. The summed E-state index contributed by atoms with van der Waals surface area (Å²) in [6.45, 7) is 2.23. The van der Waals surface area contributed by atoms with Crippen LogP contribution in [0.2, 0.25) is 0 Å². The first-order chi connectivity index (χ1) is 8.81. The van der Waals surface area contributed by atoms with E-state index >= 15 is 0 Å². The molecule has 1 aromatic carbocycles. The molecule has 1 heterocycles. The van der Waals surface area contributed by atoms with Crippen molar-refractivity contribution in [3.63, 3.8) is 0 Å². The Bertz CT molecular complexity index is 565. The molecule has 92 valence electrons. The number of nitrogens with zero attached hydrogens (tertiary/aromatic N) is 2. The number of nitrogen functional groups attached to an aromatic ring is 1. The van der Waals surface area contributed by atoms with Crippen LogP contribution in [0.5, 0.6) is 0 Å². The van der Waals surface area contributed by atoms with Crippen LogP contribution in [-0.4, -0.2) is 9.97 Å². The molecular weight excluding hydrogens is 222 g/mol. The molecule has 0 fully saturated rings. The highest BCUT2D eigenvalue weighted by atomic mass is 14.9. The molecule has 1 aliphatic carbocycles. The highest BCUT2D eigenvalue weighted by Crippen LogP contribution is 2.44. The maximum Gasteiger partial charge on any atom is 0.145 e. The molecular formula is C15H17N3. The summed E-state index contributed by atoms with van der Waals surface area (Å²) in [7, 11) is 0. The normalized spacial score (nSPS) is 21.8. The summed E-state index contributed by atoms with van der Waals surface area (Å²) in [5.74, 6) is 1.46. The van der Waals surface area contributed by atoms with Crippen molar-refractivity contribution in [2.45, 2.75) is 25.7 Å². The molecule has 1 aromatic heterocycles. The van der Waals surface area contributed by atoms with Crippen molar-refractivity contribution in [2.24, 2.45) is 5.92 Å². The average Bonchev–Trinajstić information content (AvgIpc) is 2.78. The molecule has 3 heteroatoms. The maximum absolute atomic E-state index is 6.00. The quantitative estimate of drug-likeness (QED) is 0.876. The van der Waals surface area contributed by atoms with E-state index < -0.39 is 0 Å². The van der Waals surface area contributed by atoms with Gasteiger partial charge in [0.05, 0.1) is 5.69 Å². The summed E-state index contributed by atoms with van der Waals surface area (Å²) in [5.41, 5.74) is 9.74. The molecule has 2 N–H and O–H groups in total. The van der Waals surface area contributed by atoms with E-state index in [0.717, 1.165) is 18.5 Å². The van der Waals surface area contributed by atoms with Crippen molar-refractivity contribution in [1.82, 2.24) is 9.97 Å². The topological polar surface area (TPSA) is 51.8 Å². The second-order valence-corrected chi connectivity index (χ2v) is 4.88. The van der Waals surface area contributed by atoms with E-state index in [0.29, 0.717) is 17.7 Å². The van der Waals surface area contributed by atoms with Crippen LogP contribution in [0.15, 0.2) is 36.7 Å². The number of nitrogens with two attached hydrogens (primary N) is 1. The van der Waals surface area contributed by atoms with Crippen LogP contribution in [0.25, 0.3) is 0 Å². The Balaban J connectivity index is 2.12. The van der Waals surface area contributed by atoms with Gasteiger partial charge < -0.3 is 5.73 Å². The van der Waals surface area contributed by atoms with Gasteiger partial charge in [0.15, 0.2) is 0 Å². The van der Waals surface area contributed by atoms with E-state index in [4.69, 9.17) is 5.73 Å². The minimum atomic E-state index is 0.305. The lowest BCUT2D eigenvalue weighted by Gasteiger charge is -2.19. The number of hydrogen-bond acceptors (Lipinski definition) is 3. The summed E-state index contributed by atoms with van der Waals surface area (Å²) in [5, 5.41) is 0. The lowest BCUT2D eigenvalue weighted by molar-refractivity contribution is 0.481. The van der Waals surface area contributed by atoms with Gasteiger partial charge in [0.25, 0.3) is 0 Å². The van der Waals surface area contributed by atoms with Crippen LogP contribution in [0.3, 0.4) is 0 Å². The predicted molar refractivity (Wildman–Crippen MR) is 72.2 cm³/mol. The Morgan fingerprint density at radius 3 is 2.78 bits per heavy atom. The first kappa shape index (κ1) is 11.2. The lowest BCUT2D eigenvalue weighted by atomic mass is 9.87. The van der Waals surface area contributed by atoms with E-state index in [-0.39, 0.29) is 0 Å². The van der Waals surface area contributed by atoms with Crippen LogP contribution in [0, 0.1) is 5.92 Å². The predicted octanol–water partition coefficient (Wildman–Crippen LogP) is 2.77. The van der Waals surface area contributed by atoms with E-state index in [2.05, 4.69) is 41.2 Å². The zero-order valence-electron chi connectivity index (χ0n) is 10.5. The summed E-state index contributed by atoms with van der Waals surface area (Å²) in [6.07, 6.45) is 5.64. The van der Waals surface area contributed by atoms with Crippen molar-refractivity contribution in [3.8, 4) is 0 Å². The molecule has 0 saturated heterocycles. The summed E-state index contributed by atoms with van der Waals surface area (Å²) >= 11 is 0. The van der Waals surface area contributed by atoms with Crippen molar-refractivity contribution < 1.29 is 0 Å². The third kappa shape index (κ3) is 1.67. The first-order valence-corrected chi connectivity index (χ1v) is 6.45. The van der Waals surface area contributed by atoms with Crippen molar-refractivity contribution in [2.75, 3.05) is 5.73 Å². The zero-order valence-corrected chi connectivity index (χ0v) is 10.5. The summed E-state index contributed by atoms with van der Waals surface area (Å²) in [4.78, 5) is 8.65. The molecule has 1 aliphatic rings. The Morgan fingerprint density at radius 2 is 2.00 bits per heavy atom. The maximum atomic E-state index is 6.00. The zero-order chi connectivity index (χ0) is 12.5. The van der Waals surface area contributed by atoms with Gasteiger partial charge in [0.1, 0.15) is 5.82 Å². The Labute approximate surface area is 107 Å². The molecule has 2 aromatic rings. The van der Waals surface area contributed by atoms with E-state index in [1.807, 2.05) is 0 Å². The standard InChI is InChI=1S/C15H17N3/c1-2-10-9-11-5-3-4-6-12(11)13(10)14-15(16)18-8-7-17-14/h3-8,10,13H,2,9H2,1H3,(H2,16,18). The van der Waals surface area contributed by atoms with Gasteiger partial charge in [-0.25, -0.2) is 4.98 Å². The second kappa shape index (κ2) is 4.41. The Morgan fingerprint density at radius 1 is 1.22 bits per heavy atom. The third-order valence-electron chi connectivity index (χ3n) is 3.92. The number of fused-ring (bicyclic) bond motifs is 1. The van der Waals surface area contributed by atoms with Crippen molar-refractivity contribution in [1.29, 1.82) is 0 Å².